The topological polar surface area (TPSA) is 169 Å². The third-order valence-electron chi connectivity index (χ3n) is 5.43. The van der Waals surface area contributed by atoms with E-state index < -0.39 is 41.1 Å². The lowest BCUT2D eigenvalue weighted by atomic mass is 10.0. The molecule has 2 aromatic rings. The number of aliphatic carboxylic acids is 1. The van der Waals surface area contributed by atoms with Crippen LogP contribution in [-0.4, -0.2) is 67.3 Å². The van der Waals surface area contributed by atoms with E-state index in [1.165, 1.54) is 35.8 Å². The maximum absolute atomic E-state index is 13.4. The molecule has 2 aliphatic heterocycles. The minimum Gasteiger partial charge on any atom is -0.477 e. The Bertz CT molecular complexity index is 1380. The highest BCUT2D eigenvalue weighted by atomic mass is 35.5. The number of carbonyl (C=O) groups is 4. The molecular formula is C22H21ClFN3O8S. The van der Waals surface area contributed by atoms with Gasteiger partial charge in [-0.1, -0.05) is 11.6 Å². The summed E-state index contributed by atoms with van der Waals surface area (Å²) in [6.07, 6.45) is 1.24. The molecule has 1 fully saturated rings. The summed E-state index contributed by atoms with van der Waals surface area (Å²) in [5.74, 6) is -3.80. The second-order valence-electron chi connectivity index (χ2n) is 7.72. The number of carbonyl (C=O) groups excluding carboxylic acids is 2. The van der Waals surface area contributed by atoms with E-state index in [0.717, 1.165) is 6.07 Å². The summed E-state index contributed by atoms with van der Waals surface area (Å²) in [7, 11) is 0. The van der Waals surface area contributed by atoms with E-state index in [-0.39, 0.29) is 33.7 Å². The Morgan fingerprint density at radius 1 is 1.25 bits per heavy atom. The van der Waals surface area contributed by atoms with Crippen LogP contribution in [0.5, 0.6) is 0 Å². The number of hydrogen-bond acceptors (Lipinski definition) is 8. The lowest BCUT2D eigenvalue weighted by Crippen LogP contribution is -2.68. The number of esters is 1. The van der Waals surface area contributed by atoms with Gasteiger partial charge in [-0.2, -0.15) is 0 Å². The average Bonchev–Trinajstić information content (AvgIpc) is 2.83. The van der Waals surface area contributed by atoms with E-state index >= 15 is 0 Å². The van der Waals surface area contributed by atoms with Crippen LogP contribution < -0.4 is 11.2 Å². The zero-order chi connectivity index (χ0) is 26.9. The van der Waals surface area contributed by atoms with E-state index in [0.29, 0.717) is 23.4 Å². The van der Waals surface area contributed by atoms with E-state index in [2.05, 4.69) is 0 Å². The van der Waals surface area contributed by atoms with Crippen LogP contribution in [0, 0.1) is 5.82 Å². The number of aromatic carboxylic acids is 1. The number of carboxylic acid groups (broad SMARTS) is 2. The number of thioether (sulfide) groups is 1. The SMILES string of the molecule is CC(=O)OCC1=C(C(=O)O)N2C(=O)[C@H](N)[C@H]2SC1.CCn1cc(C(=O)O)c(=O)c2cc(F)c(Cl)cc21. The number of aryl methyl sites for hydroxylation is 1. The molecule has 4 N–H and O–H groups in total. The third-order valence-corrected chi connectivity index (χ3v) is 7.08. The Kier molecular flexibility index (Phi) is 8.06. The van der Waals surface area contributed by atoms with Crippen molar-refractivity contribution in [3.05, 3.63) is 56.2 Å². The van der Waals surface area contributed by atoms with Gasteiger partial charge in [0.05, 0.1) is 10.5 Å². The smallest absolute Gasteiger partial charge is 0.352 e. The van der Waals surface area contributed by atoms with Crippen LogP contribution >= 0.6 is 23.4 Å². The van der Waals surface area contributed by atoms with Crippen molar-refractivity contribution in [1.29, 1.82) is 0 Å². The molecule has 3 heterocycles. The Morgan fingerprint density at radius 3 is 2.47 bits per heavy atom. The van der Waals surface area contributed by atoms with Crippen LogP contribution in [0.25, 0.3) is 10.9 Å². The molecule has 0 radical (unpaired) electrons. The maximum atomic E-state index is 13.4. The molecule has 4 rings (SSSR count). The molecule has 0 aliphatic carbocycles. The predicted octanol–water partition coefficient (Wildman–Crippen LogP) is 1.64. The number of nitrogens with two attached hydrogens (primary N) is 1. The van der Waals surface area contributed by atoms with Crippen molar-refractivity contribution in [3.8, 4) is 0 Å². The lowest BCUT2D eigenvalue weighted by Gasteiger charge is -2.47. The number of fused-ring (bicyclic) bond motifs is 2. The number of halogens is 2. The highest BCUT2D eigenvalue weighted by Crippen LogP contribution is 2.39. The summed E-state index contributed by atoms with van der Waals surface area (Å²) in [5.41, 5.74) is 5.23. The summed E-state index contributed by atoms with van der Waals surface area (Å²) < 4.78 is 19.7. The van der Waals surface area contributed by atoms with Crippen molar-refractivity contribution in [3.63, 3.8) is 0 Å². The van der Waals surface area contributed by atoms with Gasteiger partial charge in [-0.15, -0.1) is 11.8 Å². The highest BCUT2D eigenvalue weighted by molar-refractivity contribution is 8.00. The molecule has 0 spiro atoms. The number of nitrogens with zero attached hydrogens (tertiary/aromatic N) is 2. The number of carboxylic acids is 2. The molecule has 1 saturated heterocycles. The Hall–Kier alpha value is -3.42. The average molecular weight is 542 g/mol. The van der Waals surface area contributed by atoms with Crippen LogP contribution in [0.2, 0.25) is 5.02 Å². The number of amides is 1. The van der Waals surface area contributed by atoms with Crippen molar-refractivity contribution in [2.24, 2.45) is 5.73 Å². The Labute approximate surface area is 212 Å². The van der Waals surface area contributed by atoms with Crippen LogP contribution in [-0.2, 0) is 25.7 Å². The molecular weight excluding hydrogens is 521 g/mol. The van der Waals surface area contributed by atoms with E-state index in [9.17, 15) is 28.4 Å². The third kappa shape index (κ3) is 5.08. The lowest BCUT2D eigenvalue weighted by molar-refractivity contribution is -0.148. The first kappa shape index (κ1) is 27.2. The van der Waals surface area contributed by atoms with Gasteiger partial charge in [0, 0.05) is 36.4 Å². The number of pyridine rings is 1. The second kappa shape index (κ2) is 10.7. The molecule has 0 bridgehead atoms. The molecule has 1 aromatic carbocycles. The maximum Gasteiger partial charge on any atom is 0.352 e. The van der Waals surface area contributed by atoms with Gasteiger partial charge in [0.25, 0.3) is 0 Å². The van der Waals surface area contributed by atoms with Gasteiger partial charge >= 0.3 is 17.9 Å². The largest absolute Gasteiger partial charge is 0.477 e. The first-order valence-electron chi connectivity index (χ1n) is 10.4. The molecule has 2 aliphatic rings. The van der Waals surface area contributed by atoms with Gasteiger partial charge in [-0.05, 0) is 19.1 Å². The first-order valence-corrected chi connectivity index (χ1v) is 11.9. The van der Waals surface area contributed by atoms with Gasteiger partial charge in [0.2, 0.25) is 11.3 Å². The summed E-state index contributed by atoms with van der Waals surface area (Å²) in [5, 5.41) is 17.7. The van der Waals surface area contributed by atoms with E-state index in [1.807, 2.05) is 0 Å². The van der Waals surface area contributed by atoms with Crippen LogP contribution in [0.1, 0.15) is 24.2 Å². The van der Waals surface area contributed by atoms with E-state index in [1.54, 1.807) is 11.5 Å². The number of hydrogen-bond donors (Lipinski definition) is 3. The van der Waals surface area contributed by atoms with Crippen LogP contribution in [0.15, 0.2) is 34.4 Å². The van der Waals surface area contributed by atoms with Crippen LogP contribution in [0.3, 0.4) is 0 Å². The normalized spacial score (nSPS) is 18.7. The minimum absolute atomic E-state index is 0.0126. The summed E-state index contributed by atoms with van der Waals surface area (Å²) >= 11 is 7.04. The van der Waals surface area contributed by atoms with Gasteiger partial charge in [0.1, 0.15) is 35.1 Å². The van der Waals surface area contributed by atoms with Gasteiger partial charge in [-0.25, -0.2) is 14.0 Å². The van der Waals surface area contributed by atoms with Crippen molar-refractivity contribution < 1.29 is 38.5 Å². The fourth-order valence-corrected chi connectivity index (χ4v) is 5.11. The summed E-state index contributed by atoms with van der Waals surface area (Å²) in [6, 6.07) is 1.64. The van der Waals surface area contributed by atoms with Gasteiger partial charge in [0.15, 0.2) is 0 Å². The Morgan fingerprint density at radius 2 is 1.92 bits per heavy atom. The fourth-order valence-electron chi connectivity index (χ4n) is 3.68. The highest BCUT2D eigenvalue weighted by Gasteiger charge is 2.51. The minimum atomic E-state index is -1.33. The Balaban J connectivity index is 0.000000201. The monoisotopic (exact) mass is 541 g/mol. The van der Waals surface area contributed by atoms with Crippen molar-refractivity contribution in [2.45, 2.75) is 31.8 Å². The number of benzene rings is 1. The first-order chi connectivity index (χ1) is 16.9. The molecule has 36 heavy (non-hydrogen) atoms. The summed E-state index contributed by atoms with van der Waals surface area (Å²) in [6.45, 7) is 3.35. The van der Waals surface area contributed by atoms with E-state index in [4.69, 9.17) is 32.3 Å². The fraction of sp³-hybridized carbons (Fsp3) is 0.318. The van der Waals surface area contributed by atoms with Crippen molar-refractivity contribution in [1.82, 2.24) is 9.47 Å². The number of aromatic nitrogens is 1. The molecule has 0 saturated carbocycles. The van der Waals surface area contributed by atoms with Crippen molar-refractivity contribution >= 4 is 58.1 Å². The number of rotatable bonds is 5. The molecule has 192 valence electrons. The quantitative estimate of drug-likeness (QED) is 0.373. The summed E-state index contributed by atoms with van der Waals surface area (Å²) in [4.78, 5) is 57.5. The number of β-lactam (4-membered cyclic amide) rings is 1. The zero-order valence-corrected chi connectivity index (χ0v) is 20.6. The number of ether oxygens (including phenoxy) is 1. The molecule has 14 heteroatoms. The molecule has 1 amide bonds. The van der Waals surface area contributed by atoms with Crippen LogP contribution in [0.4, 0.5) is 4.39 Å². The van der Waals surface area contributed by atoms with Gasteiger partial charge < -0.3 is 25.3 Å². The van der Waals surface area contributed by atoms with Gasteiger partial charge in [-0.3, -0.25) is 19.3 Å². The second-order valence-corrected chi connectivity index (χ2v) is 9.23. The molecule has 1 aromatic heterocycles. The molecule has 2 atom stereocenters. The molecule has 11 nitrogen and oxygen atoms in total. The molecule has 0 unspecified atom stereocenters. The van der Waals surface area contributed by atoms with Crippen molar-refractivity contribution in [2.75, 3.05) is 12.4 Å². The zero-order valence-electron chi connectivity index (χ0n) is 19.0. The predicted molar refractivity (Wildman–Crippen MR) is 128 cm³/mol. The standard InChI is InChI=1S/C12H9ClFNO3.C10H12N2O5S/c1-2-15-5-7(12(17)18)11(16)6-3-9(14)8(13)4-10(6)15;1-4(13)17-2-5-3-18-9-6(11)8(14)12(9)7(5)10(15)16/h3-5H,2H2,1H3,(H,17,18);6,9H,2-3,11H2,1H3,(H,15,16)/t;6-,9+/m.0/s1.